The standard InChI is InChI=1S/C15H18BrNO/c1-4-13(17-3)15-8-7-14(18-15)11-5-6-12(16)10(2)9-11/h5-9,13,17H,4H2,1-3H3. The van der Waals surface area contributed by atoms with Gasteiger partial charge in [0.2, 0.25) is 0 Å². The molecule has 0 aliphatic rings. The highest BCUT2D eigenvalue weighted by molar-refractivity contribution is 9.10. The lowest BCUT2D eigenvalue weighted by Crippen LogP contribution is -2.14. The summed E-state index contributed by atoms with van der Waals surface area (Å²) in [6.45, 7) is 4.23. The molecule has 2 aromatic rings. The van der Waals surface area contributed by atoms with Gasteiger partial charge in [0.05, 0.1) is 6.04 Å². The van der Waals surface area contributed by atoms with Crippen molar-refractivity contribution >= 4 is 15.9 Å². The molecule has 1 unspecified atom stereocenters. The Morgan fingerprint density at radius 3 is 2.67 bits per heavy atom. The summed E-state index contributed by atoms with van der Waals surface area (Å²) in [6.07, 6.45) is 1.02. The summed E-state index contributed by atoms with van der Waals surface area (Å²) in [6, 6.07) is 10.6. The molecule has 0 saturated heterocycles. The third-order valence-corrected chi connectivity index (χ3v) is 4.06. The largest absolute Gasteiger partial charge is 0.459 e. The molecule has 1 N–H and O–H groups in total. The van der Waals surface area contributed by atoms with Gasteiger partial charge in [0.1, 0.15) is 11.5 Å². The molecule has 3 heteroatoms. The highest BCUT2D eigenvalue weighted by Gasteiger charge is 2.12. The summed E-state index contributed by atoms with van der Waals surface area (Å²) in [5.74, 6) is 1.92. The Kier molecular flexibility index (Phi) is 4.25. The Balaban J connectivity index is 2.31. The van der Waals surface area contributed by atoms with Crippen LogP contribution in [-0.4, -0.2) is 7.05 Å². The fourth-order valence-electron chi connectivity index (χ4n) is 2.04. The van der Waals surface area contributed by atoms with Crippen molar-refractivity contribution in [3.05, 3.63) is 46.1 Å². The van der Waals surface area contributed by atoms with Crippen LogP contribution in [0.5, 0.6) is 0 Å². The van der Waals surface area contributed by atoms with Crippen LogP contribution in [-0.2, 0) is 0 Å². The van der Waals surface area contributed by atoms with Crippen molar-refractivity contribution in [2.45, 2.75) is 26.3 Å². The molecule has 96 valence electrons. The summed E-state index contributed by atoms with van der Waals surface area (Å²) < 4.78 is 7.06. The minimum absolute atomic E-state index is 0.287. The Morgan fingerprint density at radius 1 is 1.28 bits per heavy atom. The molecule has 1 heterocycles. The zero-order chi connectivity index (χ0) is 13.1. The zero-order valence-electron chi connectivity index (χ0n) is 11.0. The van der Waals surface area contributed by atoms with Crippen molar-refractivity contribution in [1.29, 1.82) is 0 Å². The van der Waals surface area contributed by atoms with Crippen molar-refractivity contribution in [3.8, 4) is 11.3 Å². The topological polar surface area (TPSA) is 25.2 Å². The molecule has 0 fully saturated rings. The zero-order valence-corrected chi connectivity index (χ0v) is 12.5. The molecule has 2 rings (SSSR count). The van der Waals surface area contributed by atoms with Crippen LogP contribution >= 0.6 is 15.9 Å². The summed E-state index contributed by atoms with van der Waals surface area (Å²) in [5, 5.41) is 3.25. The van der Waals surface area contributed by atoms with Crippen LogP contribution in [0.3, 0.4) is 0 Å². The van der Waals surface area contributed by atoms with E-state index in [9.17, 15) is 0 Å². The van der Waals surface area contributed by atoms with E-state index >= 15 is 0 Å². The SMILES string of the molecule is CCC(NC)c1ccc(-c2ccc(Br)c(C)c2)o1. The molecule has 0 bridgehead atoms. The van der Waals surface area contributed by atoms with Crippen molar-refractivity contribution in [2.75, 3.05) is 7.05 Å². The predicted molar refractivity (Wildman–Crippen MR) is 78.7 cm³/mol. The first-order valence-electron chi connectivity index (χ1n) is 6.19. The van der Waals surface area contributed by atoms with Gasteiger partial charge in [-0.2, -0.15) is 0 Å². The molecule has 1 aromatic heterocycles. The Bertz CT molecular complexity index is 529. The van der Waals surface area contributed by atoms with E-state index < -0.39 is 0 Å². The van der Waals surface area contributed by atoms with Crippen LogP contribution in [0.1, 0.15) is 30.7 Å². The maximum absolute atomic E-state index is 5.93. The van der Waals surface area contributed by atoms with Gasteiger partial charge in [-0.15, -0.1) is 0 Å². The molecule has 0 spiro atoms. The number of halogens is 1. The first kappa shape index (κ1) is 13.4. The lowest BCUT2D eigenvalue weighted by molar-refractivity contribution is 0.431. The molecule has 0 amide bonds. The van der Waals surface area contributed by atoms with Gasteiger partial charge in [-0.1, -0.05) is 28.9 Å². The number of rotatable bonds is 4. The molecule has 0 aliphatic carbocycles. The monoisotopic (exact) mass is 307 g/mol. The summed E-state index contributed by atoms with van der Waals surface area (Å²) >= 11 is 3.51. The number of hydrogen-bond donors (Lipinski definition) is 1. The normalized spacial score (nSPS) is 12.7. The quantitative estimate of drug-likeness (QED) is 0.886. The molecule has 2 nitrogen and oxygen atoms in total. The van der Waals surface area contributed by atoms with Crippen molar-refractivity contribution < 1.29 is 4.42 Å². The molecular weight excluding hydrogens is 290 g/mol. The fraction of sp³-hybridized carbons (Fsp3) is 0.333. The van der Waals surface area contributed by atoms with Crippen molar-refractivity contribution in [2.24, 2.45) is 0 Å². The third-order valence-electron chi connectivity index (χ3n) is 3.17. The maximum Gasteiger partial charge on any atom is 0.134 e. The van der Waals surface area contributed by atoms with E-state index in [0.717, 1.165) is 28.0 Å². The smallest absolute Gasteiger partial charge is 0.134 e. The first-order valence-corrected chi connectivity index (χ1v) is 6.98. The second-order valence-electron chi connectivity index (χ2n) is 4.42. The van der Waals surface area contributed by atoms with Crippen molar-refractivity contribution in [3.63, 3.8) is 0 Å². The van der Waals surface area contributed by atoms with Gasteiger partial charge in [-0.25, -0.2) is 0 Å². The summed E-state index contributed by atoms with van der Waals surface area (Å²) in [5.41, 5.74) is 2.33. The van der Waals surface area contributed by atoms with Crippen LogP contribution in [0.15, 0.2) is 39.2 Å². The van der Waals surface area contributed by atoms with Crippen LogP contribution in [0.25, 0.3) is 11.3 Å². The second kappa shape index (κ2) is 5.72. The minimum atomic E-state index is 0.287. The van der Waals surface area contributed by atoms with Gasteiger partial charge in [-0.3, -0.25) is 0 Å². The van der Waals surface area contributed by atoms with E-state index in [2.05, 4.69) is 59.4 Å². The lowest BCUT2D eigenvalue weighted by Gasteiger charge is -2.10. The Hall–Kier alpha value is -1.06. The van der Waals surface area contributed by atoms with Gasteiger partial charge in [0.15, 0.2) is 0 Å². The van der Waals surface area contributed by atoms with E-state index in [4.69, 9.17) is 4.42 Å². The molecule has 0 aliphatic heterocycles. The van der Waals surface area contributed by atoms with Gasteiger partial charge in [0.25, 0.3) is 0 Å². The maximum atomic E-state index is 5.93. The summed E-state index contributed by atoms with van der Waals surface area (Å²) in [7, 11) is 1.96. The van der Waals surface area contributed by atoms with Crippen LogP contribution in [0, 0.1) is 6.92 Å². The molecule has 18 heavy (non-hydrogen) atoms. The number of aryl methyl sites for hydroxylation is 1. The lowest BCUT2D eigenvalue weighted by atomic mass is 10.1. The summed E-state index contributed by atoms with van der Waals surface area (Å²) in [4.78, 5) is 0. The van der Waals surface area contributed by atoms with E-state index in [1.807, 2.05) is 13.1 Å². The van der Waals surface area contributed by atoms with E-state index in [1.165, 1.54) is 5.56 Å². The van der Waals surface area contributed by atoms with Crippen molar-refractivity contribution in [1.82, 2.24) is 5.32 Å². The second-order valence-corrected chi connectivity index (χ2v) is 5.27. The van der Waals surface area contributed by atoms with Gasteiger partial charge in [0, 0.05) is 10.0 Å². The average Bonchev–Trinajstić information content (AvgIpc) is 2.84. The number of furan rings is 1. The van der Waals surface area contributed by atoms with Gasteiger partial charge >= 0.3 is 0 Å². The Labute approximate surface area is 117 Å². The van der Waals surface area contributed by atoms with E-state index in [0.29, 0.717) is 0 Å². The fourth-order valence-corrected chi connectivity index (χ4v) is 2.29. The van der Waals surface area contributed by atoms with Gasteiger partial charge < -0.3 is 9.73 Å². The number of nitrogens with one attached hydrogen (secondary N) is 1. The average molecular weight is 308 g/mol. The van der Waals surface area contributed by atoms with Crippen LogP contribution in [0.4, 0.5) is 0 Å². The van der Waals surface area contributed by atoms with E-state index in [-0.39, 0.29) is 6.04 Å². The van der Waals surface area contributed by atoms with Crippen LogP contribution in [0.2, 0.25) is 0 Å². The van der Waals surface area contributed by atoms with E-state index in [1.54, 1.807) is 0 Å². The predicted octanol–water partition coefficient (Wildman–Crippen LogP) is 4.69. The minimum Gasteiger partial charge on any atom is -0.459 e. The Morgan fingerprint density at radius 2 is 2.06 bits per heavy atom. The third kappa shape index (κ3) is 2.68. The number of benzene rings is 1. The highest BCUT2D eigenvalue weighted by atomic mass is 79.9. The molecule has 0 saturated carbocycles. The first-order chi connectivity index (χ1) is 8.65. The molecule has 0 radical (unpaired) electrons. The van der Waals surface area contributed by atoms with Gasteiger partial charge in [-0.05, 0) is 50.2 Å². The highest BCUT2D eigenvalue weighted by Crippen LogP contribution is 2.29. The number of hydrogen-bond acceptors (Lipinski definition) is 2. The molecule has 1 aromatic carbocycles. The molecule has 1 atom stereocenters. The van der Waals surface area contributed by atoms with Crippen LogP contribution < -0.4 is 5.32 Å². The molecular formula is C15H18BrNO.